The molecule has 0 unspecified atom stereocenters. The van der Waals surface area contributed by atoms with Crippen LogP contribution >= 0.6 is 0 Å². The molecule has 0 aliphatic heterocycles. The van der Waals surface area contributed by atoms with E-state index in [2.05, 4.69) is 14.7 Å². The smallest absolute Gasteiger partial charge is 0.406 e. The van der Waals surface area contributed by atoms with Crippen LogP contribution in [0.2, 0.25) is 0 Å². The van der Waals surface area contributed by atoms with E-state index in [1.807, 2.05) is 16.8 Å². The lowest BCUT2D eigenvalue weighted by molar-refractivity contribution is -0.274. The summed E-state index contributed by atoms with van der Waals surface area (Å²) in [6.45, 7) is 0. The number of alkyl halides is 3. The van der Waals surface area contributed by atoms with Crippen molar-refractivity contribution >= 4 is 11.0 Å². The Hall–Kier alpha value is -3.36. The quantitative estimate of drug-likeness (QED) is 0.496. The van der Waals surface area contributed by atoms with E-state index in [0.717, 1.165) is 36.0 Å². The Morgan fingerprint density at radius 2 is 1.83 bits per heavy atom. The van der Waals surface area contributed by atoms with E-state index in [1.54, 1.807) is 35.5 Å². The molecule has 1 aliphatic rings. The molecule has 4 aromatic rings. The largest absolute Gasteiger partial charge is 0.573 e. The van der Waals surface area contributed by atoms with Gasteiger partial charge in [0.05, 0.1) is 28.8 Å². The molecule has 9 heteroatoms. The predicted molar refractivity (Wildman–Crippen MR) is 99.3 cm³/mol. The zero-order valence-corrected chi connectivity index (χ0v) is 15.2. The Kier molecular flexibility index (Phi) is 4.04. The van der Waals surface area contributed by atoms with Gasteiger partial charge >= 0.3 is 6.36 Å². The van der Waals surface area contributed by atoms with Gasteiger partial charge in [0.25, 0.3) is 0 Å². The maximum Gasteiger partial charge on any atom is 0.573 e. The minimum Gasteiger partial charge on any atom is -0.406 e. The average Bonchev–Trinajstić information content (AvgIpc) is 3.28. The lowest BCUT2D eigenvalue weighted by Gasteiger charge is -2.24. The lowest BCUT2D eigenvalue weighted by atomic mass is 9.82. The second kappa shape index (κ2) is 6.61. The monoisotopic (exact) mass is 399 g/mol. The van der Waals surface area contributed by atoms with Crippen molar-refractivity contribution in [3.05, 3.63) is 60.9 Å². The zero-order valence-electron chi connectivity index (χ0n) is 15.2. The van der Waals surface area contributed by atoms with E-state index < -0.39 is 6.36 Å². The number of nitrogens with zero attached hydrogens (tertiary/aromatic N) is 5. The summed E-state index contributed by atoms with van der Waals surface area (Å²) < 4.78 is 44.9. The fraction of sp³-hybridized carbons (Fsp3) is 0.250. The highest BCUT2D eigenvalue weighted by Gasteiger charge is 2.31. The fourth-order valence-electron chi connectivity index (χ4n) is 3.61. The first-order valence-electron chi connectivity index (χ1n) is 9.22. The maximum absolute atomic E-state index is 12.4. The van der Waals surface area contributed by atoms with Gasteiger partial charge in [-0.25, -0.2) is 14.6 Å². The number of rotatable bonds is 4. The number of fused-ring (bicyclic) bond motifs is 1. The van der Waals surface area contributed by atoms with Crippen LogP contribution in [0.3, 0.4) is 0 Å². The highest BCUT2D eigenvalue weighted by atomic mass is 19.4. The molecule has 148 valence electrons. The highest BCUT2D eigenvalue weighted by Crippen LogP contribution is 2.41. The van der Waals surface area contributed by atoms with Gasteiger partial charge < -0.3 is 9.30 Å². The number of ether oxygens (including phenoxy) is 1. The summed E-state index contributed by atoms with van der Waals surface area (Å²) in [4.78, 5) is 8.65. The summed E-state index contributed by atoms with van der Waals surface area (Å²) in [5.74, 6) is 0.0713. The van der Waals surface area contributed by atoms with Gasteiger partial charge in [0.15, 0.2) is 5.65 Å². The van der Waals surface area contributed by atoms with E-state index in [0.29, 0.717) is 17.3 Å². The normalized spacial score (nSPS) is 14.9. The summed E-state index contributed by atoms with van der Waals surface area (Å²) in [7, 11) is 0. The molecule has 0 saturated heterocycles. The zero-order chi connectivity index (χ0) is 20.0. The van der Waals surface area contributed by atoms with Crippen LogP contribution in [0.1, 0.15) is 30.9 Å². The number of benzene rings is 1. The molecule has 0 N–H and O–H groups in total. The number of hydrogen-bond donors (Lipinski definition) is 0. The summed E-state index contributed by atoms with van der Waals surface area (Å²) in [5.41, 5.74) is 3.16. The molecular weight excluding hydrogens is 383 g/mol. The van der Waals surface area contributed by atoms with Crippen LogP contribution in [0.5, 0.6) is 5.75 Å². The van der Waals surface area contributed by atoms with E-state index >= 15 is 0 Å². The molecule has 1 aliphatic carbocycles. The van der Waals surface area contributed by atoms with Gasteiger partial charge in [0.1, 0.15) is 5.75 Å². The molecule has 3 aromatic heterocycles. The molecule has 0 amide bonds. The number of aromatic nitrogens is 5. The molecule has 0 atom stereocenters. The third-order valence-electron chi connectivity index (χ3n) is 5.16. The van der Waals surface area contributed by atoms with Crippen LogP contribution in [-0.2, 0) is 0 Å². The number of pyridine rings is 1. The standard InChI is InChI=1S/C20H16F3N5O/c21-20(22,23)29-15-6-4-14(5-7-15)28-19-17(18(26-28)13-2-1-3-13)16(8-9-25-19)27-11-10-24-12-27/h4-13H,1-3H2. The van der Waals surface area contributed by atoms with Crippen molar-refractivity contribution in [2.24, 2.45) is 0 Å². The molecule has 3 heterocycles. The Balaban J connectivity index is 1.64. The van der Waals surface area contributed by atoms with Gasteiger partial charge in [-0.05, 0) is 43.2 Å². The van der Waals surface area contributed by atoms with Crippen LogP contribution in [0, 0.1) is 0 Å². The molecule has 29 heavy (non-hydrogen) atoms. The molecular formula is C20H16F3N5O. The second-order valence-electron chi connectivity index (χ2n) is 6.97. The Morgan fingerprint density at radius 3 is 2.45 bits per heavy atom. The molecule has 0 radical (unpaired) electrons. The minimum absolute atomic E-state index is 0.274. The van der Waals surface area contributed by atoms with Crippen molar-refractivity contribution < 1.29 is 17.9 Å². The maximum atomic E-state index is 12.4. The number of hydrogen-bond acceptors (Lipinski definition) is 4. The van der Waals surface area contributed by atoms with Crippen molar-refractivity contribution in [1.82, 2.24) is 24.3 Å². The number of halogens is 3. The second-order valence-corrected chi connectivity index (χ2v) is 6.97. The van der Waals surface area contributed by atoms with E-state index in [9.17, 15) is 13.2 Å². The molecule has 6 nitrogen and oxygen atoms in total. The van der Waals surface area contributed by atoms with Gasteiger partial charge in [0.2, 0.25) is 0 Å². The first-order chi connectivity index (χ1) is 14.0. The SMILES string of the molecule is FC(F)(F)Oc1ccc(-n2nc(C3CCC3)c3c(-n4ccnc4)ccnc32)cc1. The van der Waals surface area contributed by atoms with Crippen LogP contribution < -0.4 is 4.74 Å². The molecule has 0 bridgehead atoms. The first kappa shape index (κ1) is 17.7. The highest BCUT2D eigenvalue weighted by molar-refractivity contribution is 5.89. The Labute approximate surface area is 163 Å². The van der Waals surface area contributed by atoms with Crippen LogP contribution in [0.25, 0.3) is 22.4 Å². The van der Waals surface area contributed by atoms with Crippen molar-refractivity contribution in [2.45, 2.75) is 31.5 Å². The Morgan fingerprint density at radius 1 is 1.03 bits per heavy atom. The van der Waals surface area contributed by atoms with Crippen LogP contribution in [-0.4, -0.2) is 30.7 Å². The van der Waals surface area contributed by atoms with Crippen molar-refractivity contribution in [3.8, 4) is 17.1 Å². The van der Waals surface area contributed by atoms with E-state index in [-0.39, 0.29) is 5.75 Å². The Bertz CT molecular complexity index is 1150. The molecule has 1 saturated carbocycles. The number of imidazole rings is 1. The summed E-state index contributed by atoms with van der Waals surface area (Å²) in [6.07, 6.45) is 5.54. The van der Waals surface area contributed by atoms with Crippen LogP contribution in [0.4, 0.5) is 13.2 Å². The molecule has 1 fully saturated rings. The first-order valence-corrected chi connectivity index (χ1v) is 9.22. The average molecular weight is 399 g/mol. The summed E-state index contributed by atoms with van der Waals surface area (Å²) in [6, 6.07) is 7.56. The van der Waals surface area contributed by atoms with Crippen molar-refractivity contribution in [2.75, 3.05) is 0 Å². The van der Waals surface area contributed by atoms with Gasteiger partial charge in [-0.1, -0.05) is 6.42 Å². The fourth-order valence-corrected chi connectivity index (χ4v) is 3.61. The minimum atomic E-state index is -4.72. The molecule has 1 aromatic carbocycles. The van der Waals surface area contributed by atoms with Gasteiger partial charge in [-0.2, -0.15) is 5.10 Å². The van der Waals surface area contributed by atoms with E-state index in [4.69, 9.17) is 5.10 Å². The summed E-state index contributed by atoms with van der Waals surface area (Å²) in [5, 5.41) is 5.75. The van der Waals surface area contributed by atoms with Crippen molar-refractivity contribution in [1.29, 1.82) is 0 Å². The van der Waals surface area contributed by atoms with Crippen molar-refractivity contribution in [3.63, 3.8) is 0 Å². The van der Waals surface area contributed by atoms with Crippen LogP contribution in [0.15, 0.2) is 55.2 Å². The van der Waals surface area contributed by atoms with Gasteiger partial charge in [-0.3, -0.25) is 0 Å². The summed E-state index contributed by atoms with van der Waals surface area (Å²) >= 11 is 0. The topological polar surface area (TPSA) is 57.8 Å². The van der Waals surface area contributed by atoms with E-state index in [1.165, 1.54) is 12.1 Å². The predicted octanol–water partition coefficient (Wildman–Crippen LogP) is 4.77. The molecule has 5 rings (SSSR count). The van der Waals surface area contributed by atoms with Gasteiger partial charge in [-0.15, -0.1) is 13.2 Å². The third kappa shape index (κ3) is 3.22. The third-order valence-corrected chi connectivity index (χ3v) is 5.16. The molecule has 0 spiro atoms. The van der Waals surface area contributed by atoms with Gasteiger partial charge in [0, 0.05) is 24.5 Å². The lowest BCUT2D eigenvalue weighted by Crippen LogP contribution is -2.17.